The van der Waals surface area contributed by atoms with Crippen molar-refractivity contribution in [2.24, 2.45) is 11.7 Å². The lowest BCUT2D eigenvalue weighted by atomic mass is 9.91. The Hall–Kier alpha value is -1.43. The highest BCUT2D eigenvalue weighted by Crippen LogP contribution is 2.26. The van der Waals surface area contributed by atoms with E-state index in [0.29, 0.717) is 11.9 Å². The molecule has 0 bridgehead atoms. The van der Waals surface area contributed by atoms with Gasteiger partial charge in [0.15, 0.2) is 0 Å². The fourth-order valence-corrected chi connectivity index (χ4v) is 4.93. The summed E-state index contributed by atoms with van der Waals surface area (Å²) >= 11 is 0. The Bertz CT molecular complexity index is 608. The first-order chi connectivity index (χ1) is 13.2. The number of hydrogen-bond donors (Lipinski definition) is 1. The molecule has 3 heterocycles. The highest BCUT2D eigenvalue weighted by atomic mass is 16.2. The third-order valence-corrected chi connectivity index (χ3v) is 6.66. The van der Waals surface area contributed by atoms with Crippen LogP contribution < -0.4 is 5.73 Å². The number of nitrogens with two attached hydrogens (primary N) is 1. The van der Waals surface area contributed by atoms with Crippen LogP contribution in [0.3, 0.4) is 0 Å². The number of carbonyl (C=O) groups is 1. The van der Waals surface area contributed by atoms with Crippen LogP contribution >= 0.6 is 0 Å². The topological polar surface area (TPSA) is 52.8 Å². The lowest BCUT2D eigenvalue weighted by Crippen LogP contribution is -2.60. The van der Waals surface area contributed by atoms with Gasteiger partial charge < -0.3 is 15.5 Å². The molecule has 0 saturated carbocycles. The largest absolute Gasteiger partial charge is 0.339 e. The first kappa shape index (κ1) is 18.9. The number of piperidine rings is 2. The number of carbonyl (C=O) groups excluding carboxylic acids is 1. The Morgan fingerprint density at radius 1 is 1.00 bits per heavy atom. The van der Waals surface area contributed by atoms with Gasteiger partial charge in [0.2, 0.25) is 5.91 Å². The number of likely N-dealkylation sites (tertiary alicyclic amines) is 3. The lowest BCUT2D eigenvalue weighted by molar-refractivity contribution is -0.142. The lowest BCUT2D eigenvalue weighted by Gasteiger charge is -2.44. The number of amides is 1. The molecule has 1 aromatic rings. The quantitative estimate of drug-likeness (QED) is 0.855. The van der Waals surface area contributed by atoms with Gasteiger partial charge in [0.1, 0.15) is 0 Å². The summed E-state index contributed by atoms with van der Waals surface area (Å²) < 4.78 is 0. The summed E-state index contributed by atoms with van der Waals surface area (Å²) in [5.74, 6) is 0.545. The Morgan fingerprint density at radius 2 is 1.74 bits per heavy atom. The van der Waals surface area contributed by atoms with Crippen molar-refractivity contribution in [3.05, 3.63) is 35.9 Å². The Balaban J connectivity index is 1.21. The van der Waals surface area contributed by atoms with Gasteiger partial charge in [-0.05, 0) is 57.3 Å². The molecule has 0 aromatic heterocycles. The van der Waals surface area contributed by atoms with E-state index in [-0.39, 0.29) is 12.0 Å². The number of benzene rings is 1. The predicted molar refractivity (Wildman–Crippen MR) is 108 cm³/mol. The van der Waals surface area contributed by atoms with E-state index in [0.717, 1.165) is 52.0 Å². The Morgan fingerprint density at radius 3 is 2.44 bits per heavy atom. The fraction of sp³-hybridized carbons (Fsp3) is 0.682. The Kier molecular flexibility index (Phi) is 6.11. The SMILES string of the molecule is NC1CN(C(=O)C2CCCN(C3CCN(CCc4ccccc4)CC3)C2)C1. The third-order valence-electron chi connectivity index (χ3n) is 6.66. The van der Waals surface area contributed by atoms with Crippen LogP contribution in [0.1, 0.15) is 31.2 Å². The summed E-state index contributed by atoms with van der Waals surface area (Å²) in [5.41, 5.74) is 7.28. The van der Waals surface area contributed by atoms with Crippen LogP contribution in [-0.2, 0) is 11.2 Å². The van der Waals surface area contributed by atoms with Crippen LogP contribution in [0.25, 0.3) is 0 Å². The highest BCUT2D eigenvalue weighted by Gasteiger charge is 2.36. The molecule has 3 aliphatic heterocycles. The summed E-state index contributed by atoms with van der Waals surface area (Å²) in [6, 6.07) is 11.7. The maximum absolute atomic E-state index is 12.7. The first-order valence-electron chi connectivity index (χ1n) is 10.7. The molecule has 1 atom stereocenters. The fourth-order valence-electron chi connectivity index (χ4n) is 4.93. The van der Waals surface area contributed by atoms with Crippen LogP contribution in [-0.4, -0.2) is 78.5 Å². The monoisotopic (exact) mass is 370 g/mol. The van der Waals surface area contributed by atoms with E-state index in [1.165, 1.54) is 31.5 Å². The van der Waals surface area contributed by atoms with Crippen molar-refractivity contribution in [2.45, 2.75) is 44.2 Å². The molecule has 4 rings (SSSR count). The van der Waals surface area contributed by atoms with Crippen molar-refractivity contribution >= 4 is 5.91 Å². The van der Waals surface area contributed by atoms with E-state index < -0.39 is 0 Å². The second-order valence-electron chi connectivity index (χ2n) is 8.65. The zero-order valence-electron chi connectivity index (χ0n) is 16.4. The molecule has 5 heteroatoms. The standard InChI is InChI=1S/C22H34N4O/c23-20-16-26(17-20)22(27)19-7-4-11-25(15-19)21-9-13-24(14-10-21)12-8-18-5-2-1-3-6-18/h1-3,5-6,19-21H,4,7-17,23H2. The number of nitrogens with zero attached hydrogens (tertiary/aromatic N) is 3. The van der Waals surface area contributed by atoms with E-state index in [4.69, 9.17) is 5.73 Å². The van der Waals surface area contributed by atoms with Gasteiger partial charge in [0, 0.05) is 38.3 Å². The zero-order chi connectivity index (χ0) is 18.6. The molecule has 148 valence electrons. The molecule has 3 aliphatic rings. The maximum atomic E-state index is 12.7. The minimum absolute atomic E-state index is 0.197. The van der Waals surface area contributed by atoms with Gasteiger partial charge in [-0.3, -0.25) is 9.69 Å². The van der Waals surface area contributed by atoms with Crippen LogP contribution in [0, 0.1) is 5.92 Å². The van der Waals surface area contributed by atoms with E-state index in [2.05, 4.69) is 40.1 Å². The second kappa shape index (κ2) is 8.72. The average Bonchev–Trinajstić information content (AvgIpc) is 2.71. The highest BCUT2D eigenvalue weighted by molar-refractivity contribution is 5.80. The first-order valence-corrected chi connectivity index (χ1v) is 10.7. The van der Waals surface area contributed by atoms with Crippen LogP contribution in [0.15, 0.2) is 30.3 Å². The van der Waals surface area contributed by atoms with E-state index in [1.54, 1.807) is 0 Å². The minimum Gasteiger partial charge on any atom is -0.339 e. The van der Waals surface area contributed by atoms with E-state index >= 15 is 0 Å². The Labute approximate surface area is 163 Å². The molecule has 0 aliphatic carbocycles. The molecule has 0 radical (unpaired) electrons. The van der Waals surface area contributed by atoms with Gasteiger partial charge in [-0.2, -0.15) is 0 Å². The smallest absolute Gasteiger partial charge is 0.227 e. The number of hydrogen-bond acceptors (Lipinski definition) is 4. The third kappa shape index (κ3) is 4.71. The van der Waals surface area contributed by atoms with E-state index in [9.17, 15) is 4.79 Å². The molecule has 3 fully saturated rings. The number of rotatable bonds is 5. The molecular formula is C22H34N4O. The predicted octanol–water partition coefficient (Wildman–Crippen LogP) is 1.58. The van der Waals surface area contributed by atoms with Gasteiger partial charge in [0.05, 0.1) is 5.92 Å². The van der Waals surface area contributed by atoms with Crippen molar-refractivity contribution in [1.29, 1.82) is 0 Å². The maximum Gasteiger partial charge on any atom is 0.227 e. The van der Waals surface area contributed by atoms with Gasteiger partial charge in [0.25, 0.3) is 0 Å². The van der Waals surface area contributed by atoms with Crippen LogP contribution in [0.2, 0.25) is 0 Å². The van der Waals surface area contributed by atoms with Gasteiger partial charge in [-0.15, -0.1) is 0 Å². The summed E-state index contributed by atoms with van der Waals surface area (Å²) in [6.45, 7) is 7.18. The van der Waals surface area contributed by atoms with Gasteiger partial charge >= 0.3 is 0 Å². The van der Waals surface area contributed by atoms with Crippen molar-refractivity contribution in [3.63, 3.8) is 0 Å². The molecule has 2 N–H and O–H groups in total. The normalized spacial score (nSPS) is 26.1. The summed E-state index contributed by atoms with van der Waals surface area (Å²) in [7, 11) is 0. The summed E-state index contributed by atoms with van der Waals surface area (Å²) in [5, 5.41) is 0. The molecule has 27 heavy (non-hydrogen) atoms. The second-order valence-corrected chi connectivity index (χ2v) is 8.65. The zero-order valence-corrected chi connectivity index (χ0v) is 16.4. The molecule has 1 aromatic carbocycles. The molecule has 5 nitrogen and oxygen atoms in total. The van der Waals surface area contributed by atoms with Crippen molar-refractivity contribution < 1.29 is 4.79 Å². The molecule has 1 amide bonds. The minimum atomic E-state index is 0.197. The van der Waals surface area contributed by atoms with Crippen molar-refractivity contribution in [2.75, 3.05) is 45.8 Å². The van der Waals surface area contributed by atoms with Gasteiger partial charge in [-0.25, -0.2) is 0 Å². The van der Waals surface area contributed by atoms with Crippen LogP contribution in [0.5, 0.6) is 0 Å². The van der Waals surface area contributed by atoms with E-state index in [1.807, 2.05) is 4.90 Å². The molecule has 0 spiro atoms. The van der Waals surface area contributed by atoms with Crippen molar-refractivity contribution in [1.82, 2.24) is 14.7 Å². The molecule has 1 unspecified atom stereocenters. The van der Waals surface area contributed by atoms with Crippen molar-refractivity contribution in [3.8, 4) is 0 Å². The molecule has 3 saturated heterocycles. The molecular weight excluding hydrogens is 336 g/mol. The summed E-state index contributed by atoms with van der Waals surface area (Å²) in [6.07, 6.45) is 5.83. The summed E-state index contributed by atoms with van der Waals surface area (Å²) in [4.78, 5) is 19.8. The average molecular weight is 371 g/mol. The van der Waals surface area contributed by atoms with Crippen LogP contribution in [0.4, 0.5) is 0 Å². The van der Waals surface area contributed by atoms with Gasteiger partial charge in [-0.1, -0.05) is 30.3 Å².